The third kappa shape index (κ3) is 4.41. The van der Waals surface area contributed by atoms with E-state index < -0.39 is 29.1 Å². The van der Waals surface area contributed by atoms with Crippen molar-refractivity contribution in [3.8, 4) is 0 Å². The number of nitrogens with one attached hydrogen (secondary N) is 4. The summed E-state index contributed by atoms with van der Waals surface area (Å²) in [7, 11) is 0. The Hall–Kier alpha value is -3.72. The van der Waals surface area contributed by atoms with E-state index in [2.05, 4.69) is 25.9 Å². The third-order valence-electron chi connectivity index (χ3n) is 4.76. The molecule has 0 spiro atoms. The number of aromatic nitrogens is 2. The molecule has 4 rings (SSSR count). The van der Waals surface area contributed by atoms with Gasteiger partial charge in [-0.15, -0.1) is 0 Å². The first-order valence-corrected chi connectivity index (χ1v) is 9.71. The summed E-state index contributed by atoms with van der Waals surface area (Å²) in [6.45, 7) is 1.72. The number of aromatic amines is 1. The summed E-state index contributed by atoms with van der Waals surface area (Å²) in [5.41, 5.74) is 0.684. The first kappa shape index (κ1) is 20.5. The van der Waals surface area contributed by atoms with Gasteiger partial charge in [-0.25, -0.2) is 4.39 Å². The zero-order chi connectivity index (χ0) is 22.1. The molecular formula is C21H17ClFN5O3. The van der Waals surface area contributed by atoms with E-state index in [1.807, 2.05) is 0 Å². The first-order valence-electron chi connectivity index (χ1n) is 9.34. The molecule has 1 aliphatic rings. The number of anilines is 4. The van der Waals surface area contributed by atoms with Gasteiger partial charge in [0.2, 0.25) is 17.8 Å². The van der Waals surface area contributed by atoms with Crippen LogP contribution in [0.3, 0.4) is 0 Å². The van der Waals surface area contributed by atoms with E-state index in [1.165, 1.54) is 12.1 Å². The molecule has 2 heterocycles. The topological polar surface area (TPSA) is 116 Å². The number of hydrogen-bond donors (Lipinski definition) is 4. The second-order valence-electron chi connectivity index (χ2n) is 7.09. The van der Waals surface area contributed by atoms with E-state index in [9.17, 15) is 18.8 Å². The Morgan fingerprint density at radius 3 is 2.65 bits per heavy atom. The van der Waals surface area contributed by atoms with Crippen molar-refractivity contribution in [2.75, 3.05) is 16.0 Å². The molecule has 31 heavy (non-hydrogen) atoms. The summed E-state index contributed by atoms with van der Waals surface area (Å²) in [5, 5.41) is 8.42. The number of benzene rings is 2. The van der Waals surface area contributed by atoms with Gasteiger partial charge in [0.25, 0.3) is 5.56 Å². The number of fused-ring (bicyclic) bond motifs is 1. The van der Waals surface area contributed by atoms with Gasteiger partial charge in [-0.2, -0.15) is 4.98 Å². The van der Waals surface area contributed by atoms with E-state index in [0.29, 0.717) is 16.3 Å². The highest BCUT2D eigenvalue weighted by atomic mass is 35.5. The van der Waals surface area contributed by atoms with Crippen molar-refractivity contribution in [1.29, 1.82) is 0 Å². The Morgan fingerprint density at radius 2 is 1.94 bits per heavy atom. The number of H-pyrrole nitrogens is 1. The number of amides is 2. The average Bonchev–Trinajstić information content (AvgIpc) is 2.71. The molecule has 4 N–H and O–H groups in total. The molecule has 0 bridgehead atoms. The molecule has 1 aromatic heterocycles. The van der Waals surface area contributed by atoms with Crippen molar-refractivity contribution in [2.45, 2.75) is 19.3 Å². The van der Waals surface area contributed by atoms with Crippen molar-refractivity contribution in [2.24, 2.45) is 0 Å². The molecule has 0 fully saturated rings. The van der Waals surface area contributed by atoms with E-state index in [1.54, 1.807) is 37.3 Å². The van der Waals surface area contributed by atoms with Gasteiger partial charge in [0.05, 0.1) is 17.2 Å². The number of hydrogen-bond acceptors (Lipinski definition) is 5. The molecule has 8 nitrogen and oxygen atoms in total. The second-order valence-corrected chi connectivity index (χ2v) is 7.52. The highest BCUT2D eigenvalue weighted by Crippen LogP contribution is 2.30. The van der Waals surface area contributed by atoms with Crippen molar-refractivity contribution >= 4 is 46.6 Å². The summed E-state index contributed by atoms with van der Waals surface area (Å²) in [5.74, 6) is -2.83. The molecule has 1 aliphatic heterocycles. The van der Waals surface area contributed by atoms with Crippen LogP contribution in [0.15, 0.2) is 47.3 Å². The zero-order valence-corrected chi connectivity index (χ0v) is 17.0. The fourth-order valence-corrected chi connectivity index (χ4v) is 3.39. The van der Waals surface area contributed by atoms with Crippen LogP contribution in [0.25, 0.3) is 0 Å². The molecule has 3 aromatic rings. The van der Waals surface area contributed by atoms with Crippen molar-refractivity contribution < 1.29 is 14.0 Å². The number of aryl methyl sites for hydroxylation is 1. The van der Waals surface area contributed by atoms with Crippen LogP contribution in [0.2, 0.25) is 5.02 Å². The molecule has 0 radical (unpaired) electrons. The maximum atomic E-state index is 14.1. The van der Waals surface area contributed by atoms with Gasteiger partial charge in [0.1, 0.15) is 11.6 Å². The summed E-state index contributed by atoms with van der Waals surface area (Å²) >= 11 is 5.86. The van der Waals surface area contributed by atoms with Gasteiger partial charge in [-0.05, 0) is 48.9 Å². The first-order chi connectivity index (χ1) is 14.8. The fourth-order valence-electron chi connectivity index (χ4n) is 3.27. The second kappa shape index (κ2) is 8.19. The smallest absolute Gasteiger partial charge is 0.258 e. The Balaban J connectivity index is 1.64. The Morgan fingerprint density at radius 1 is 1.19 bits per heavy atom. The standard InChI is InChI=1S/C21H17ClFN5O3/c1-10-2-7-15(14(23)8-10)25-19(30)13-9-16(29)26-18-17(13)20(31)28-21(27-18)24-12-5-3-11(22)4-6-12/h2-8,13H,9H2,1H3,(H,25,30)(H3,24,26,27,28,29,31). The van der Waals surface area contributed by atoms with Crippen LogP contribution in [0, 0.1) is 12.7 Å². The number of rotatable bonds is 4. The molecular weight excluding hydrogens is 425 g/mol. The highest BCUT2D eigenvalue weighted by molar-refractivity contribution is 6.30. The third-order valence-corrected chi connectivity index (χ3v) is 5.01. The lowest BCUT2D eigenvalue weighted by molar-refractivity contribution is -0.123. The van der Waals surface area contributed by atoms with Crippen LogP contribution in [0.5, 0.6) is 0 Å². The number of nitrogens with zero attached hydrogens (tertiary/aromatic N) is 1. The molecule has 0 aliphatic carbocycles. The fraction of sp³-hybridized carbons (Fsp3) is 0.143. The lowest BCUT2D eigenvalue weighted by Gasteiger charge is -2.23. The van der Waals surface area contributed by atoms with Crippen LogP contribution >= 0.6 is 11.6 Å². The molecule has 1 unspecified atom stereocenters. The molecule has 2 amide bonds. The molecule has 0 saturated heterocycles. The lowest BCUT2D eigenvalue weighted by atomic mass is 9.92. The predicted octanol–water partition coefficient (Wildman–Crippen LogP) is 3.68. The van der Waals surface area contributed by atoms with Crippen LogP contribution in [0.1, 0.15) is 23.5 Å². The molecule has 2 aromatic carbocycles. The van der Waals surface area contributed by atoms with Gasteiger partial charge in [0, 0.05) is 17.1 Å². The largest absolute Gasteiger partial charge is 0.326 e. The van der Waals surface area contributed by atoms with Gasteiger partial charge in [-0.3, -0.25) is 19.4 Å². The zero-order valence-electron chi connectivity index (χ0n) is 16.3. The summed E-state index contributed by atoms with van der Waals surface area (Å²) < 4.78 is 14.1. The highest BCUT2D eigenvalue weighted by Gasteiger charge is 2.35. The minimum Gasteiger partial charge on any atom is -0.326 e. The Kier molecular flexibility index (Phi) is 5.43. The maximum Gasteiger partial charge on any atom is 0.258 e. The van der Waals surface area contributed by atoms with Crippen molar-refractivity contribution in [3.63, 3.8) is 0 Å². The van der Waals surface area contributed by atoms with Gasteiger partial charge >= 0.3 is 0 Å². The van der Waals surface area contributed by atoms with E-state index in [4.69, 9.17) is 11.6 Å². The minimum absolute atomic E-state index is 0.00581. The number of carbonyl (C=O) groups excluding carboxylic acids is 2. The Labute approximate surface area is 180 Å². The molecule has 1 atom stereocenters. The Bertz CT molecular complexity index is 1240. The molecule has 158 valence electrons. The van der Waals surface area contributed by atoms with Gasteiger partial charge in [0.15, 0.2) is 0 Å². The van der Waals surface area contributed by atoms with Crippen LogP contribution in [0.4, 0.5) is 27.5 Å². The van der Waals surface area contributed by atoms with Crippen molar-refractivity contribution in [1.82, 2.24) is 9.97 Å². The average molecular weight is 442 g/mol. The summed E-state index contributed by atoms with van der Waals surface area (Å²) in [4.78, 5) is 44.5. The van der Waals surface area contributed by atoms with E-state index >= 15 is 0 Å². The SMILES string of the molecule is Cc1ccc(NC(=O)C2CC(=O)Nc3nc(Nc4ccc(Cl)cc4)[nH]c(=O)c32)c(F)c1. The summed E-state index contributed by atoms with van der Waals surface area (Å²) in [6, 6.07) is 11.0. The van der Waals surface area contributed by atoms with Gasteiger partial charge in [-0.1, -0.05) is 17.7 Å². The molecule has 10 heteroatoms. The van der Waals surface area contributed by atoms with Crippen molar-refractivity contribution in [3.05, 3.63) is 74.8 Å². The lowest BCUT2D eigenvalue weighted by Crippen LogP contribution is -2.36. The van der Waals surface area contributed by atoms with Crippen LogP contribution in [-0.4, -0.2) is 21.8 Å². The minimum atomic E-state index is -1.12. The summed E-state index contributed by atoms with van der Waals surface area (Å²) in [6.07, 6.45) is -0.263. The molecule has 0 saturated carbocycles. The van der Waals surface area contributed by atoms with E-state index in [-0.39, 0.29) is 29.4 Å². The quantitative estimate of drug-likeness (QED) is 0.493. The number of carbonyl (C=O) groups is 2. The maximum absolute atomic E-state index is 14.1. The van der Waals surface area contributed by atoms with Gasteiger partial charge < -0.3 is 16.0 Å². The van der Waals surface area contributed by atoms with E-state index in [0.717, 1.165) is 0 Å². The van der Waals surface area contributed by atoms with Crippen LogP contribution in [-0.2, 0) is 9.59 Å². The number of halogens is 2. The normalized spacial score (nSPS) is 15.1. The monoisotopic (exact) mass is 441 g/mol. The predicted molar refractivity (Wildman–Crippen MR) is 115 cm³/mol. The van der Waals surface area contributed by atoms with Crippen LogP contribution < -0.4 is 21.5 Å².